The molecule has 4 heteroatoms. The Morgan fingerprint density at radius 2 is 1.43 bits per heavy atom. The molecule has 1 aromatic heterocycles. The van der Waals surface area contributed by atoms with Gasteiger partial charge < -0.3 is 12.4 Å². The third-order valence-electron chi connectivity index (χ3n) is 2.81. The van der Waals surface area contributed by atoms with E-state index < -0.39 is 0 Å². The summed E-state index contributed by atoms with van der Waals surface area (Å²) in [4.78, 5) is 3.01. The molecule has 0 bridgehead atoms. The quantitative estimate of drug-likeness (QED) is 0.543. The molecule has 1 N–H and O–H groups in total. The monoisotopic (exact) mass is 320 g/mol. The molecule has 2 aromatic carbocycles. The van der Waals surface area contributed by atoms with E-state index in [1.807, 2.05) is 55.1 Å². The first kappa shape index (κ1) is 17.3. The summed E-state index contributed by atoms with van der Waals surface area (Å²) in [5.41, 5.74) is 2.50. The fourth-order valence-corrected chi connectivity index (χ4v) is 1.96. The highest BCUT2D eigenvalue weighted by Crippen LogP contribution is 2.00. The van der Waals surface area contributed by atoms with E-state index in [0.717, 1.165) is 6.54 Å². The number of nitrogens with zero attached hydrogens (tertiary/aromatic N) is 1. The molecule has 110 valence electrons. The zero-order chi connectivity index (χ0) is 14.0. The lowest BCUT2D eigenvalue weighted by molar-refractivity contribution is -0.687. The summed E-state index contributed by atoms with van der Waals surface area (Å²) in [6, 6.07) is 20.4. The Bertz CT molecular complexity index is 581. The number of aromatic amines is 1. The fraction of sp³-hybridized carbons (Fsp3) is 0.118. The Hall–Kier alpha value is -1.77. The molecule has 0 radical (unpaired) electrons. The lowest BCUT2D eigenvalue weighted by Gasteiger charge is -1.95. The summed E-state index contributed by atoms with van der Waals surface area (Å²) >= 11 is 5.53. The number of alkyl halides is 1. The summed E-state index contributed by atoms with van der Waals surface area (Å²) in [7, 11) is 0. The molecule has 3 aromatic rings. The van der Waals surface area contributed by atoms with Crippen LogP contribution in [0.4, 0.5) is 0 Å². The van der Waals surface area contributed by atoms with E-state index in [2.05, 4.69) is 33.8 Å². The molecule has 0 saturated heterocycles. The maximum atomic E-state index is 5.53. The van der Waals surface area contributed by atoms with E-state index in [-0.39, 0.29) is 12.4 Å². The zero-order valence-electron chi connectivity index (χ0n) is 11.6. The summed E-state index contributed by atoms with van der Waals surface area (Å²) in [5.74, 6) is 0.612. The number of halogens is 2. The number of H-pyrrole nitrogens is 1. The van der Waals surface area contributed by atoms with E-state index in [9.17, 15) is 0 Å². The molecule has 0 spiro atoms. The van der Waals surface area contributed by atoms with E-state index in [1.54, 1.807) is 0 Å². The van der Waals surface area contributed by atoms with Crippen molar-refractivity contribution in [3.8, 4) is 0 Å². The highest BCUT2D eigenvalue weighted by Gasteiger charge is 1.96. The third kappa shape index (κ3) is 6.48. The van der Waals surface area contributed by atoms with E-state index in [0.29, 0.717) is 5.88 Å². The molecule has 0 unspecified atom stereocenters. The number of rotatable bonds is 3. The highest BCUT2D eigenvalue weighted by molar-refractivity contribution is 6.17. The Labute approximate surface area is 136 Å². The second kappa shape index (κ2) is 10.0. The number of nitrogens with one attached hydrogen (secondary N) is 1. The molecular weight excluding hydrogens is 303 g/mol. The van der Waals surface area contributed by atoms with Gasteiger partial charge in [-0.05, 0) is 11.1 Å². The molecule has 0 aliphatic carbocycles. The van der Waals surface area contributed by atoms with Crippen LogP contribution in [0.2, 0.25) is 0 Å². The molecule has 0 atom stereocenters. The van der Waals surface area contributed by atoms with Gasteiger partial charge in [-0.25, -0.2) is 4.57 Å². The van der Waals surface area contributed by atoms with Gasteiger partial charge in [-0.15, -0.1) is 11.6 Å². The smallest absolute Gasteiger partial charge is 0.241 e. The van der Waals surface area contributed by atoms with Crippen LogP contribution in [0, 0.1) is 0 Å². The molecule has 3 rings (SSSR count). The molecule has 0 fully saturated rings. The first-order valence-corrected chi connectivity index (χ1v) is 7.07. The van der Waals surface area contributed by atoms with Gasteiger partial charge in [0.2, 0.25) is 6.33 Å². The number of hydrogen-bond donors (Lipinski definition) is 1. The van der Waals surface area contributed by atoms with Crippen LogP contribution < -0.4 is 17.0 Å². The summed E-state index contributed by atoms with van der Waals surface area (Å²) in [5, 5.41) is 0. The lowest BCUT2D eigenvalue weighted by atomic mass is 10.2. The molecule has 0 aliphatic rings. The Balaban J connectivity index is 0.000000216. The lowest BCUT2D eigenvalue weighted by Crippen LogP contribution is -3.00. The van der Waals surface area contributed by atoms with Crippen molar-refractivity contribution in [1.29, 1.82) is 0 Å². The Kier molecular flexibility index (Phi) is 8.25. The van der Waals surface area contributed by atoms with Crippen molar-refractivity contribution >= 4 is 11.6 Å². The average molecular weight is 321 g/mol. The number of aromatic nitrogens is 2. The third-order valence-corrected chi connectivity index (χ3v) is 3.12. The van der Waals surface area contributed by atoms with Crippen molar-refractivity contribution in [2.45, 2.75) is 12.4 Å². The van der Waals surface area contributed by atoms with Crippen molar-refractivity contribution in [3.05, 3.63) is 90.5 Å². The maximum absolute atomic E-state index is 5.53. The van der Waals surface area contributed by atoms with Crippen LogP contribution in [-0.4, -0.2) is 4.98 Å². The van der Waals surface area contributed by atoms with Crippen LogP contribution in [-0.2, 0) is 12.4 Å². The van der Waals surface area contributed by atoms with Gasteiger partial charge in [-0.1, -0.05) is 60.7 Å². The molecule has 0 amide bonds. The topological polar surface area (TPSA) is 19.7 Å². The van der Waals surface area contributed by atoms with Crippen LogP contribution in [0.15, 0.2) is 79.4 Å². The average Bonchev–Trinajstić information content (AvgIpc) is 3.03. The second-order valence-electron chi connectivity index (χ2n) is 4.39. The first-order valence-electron chi connectivity index (χ1n) is 6.54. The summed E-state index contributed by atoms with van der Waals surface area (Å²) < 4.78 is 2.11. The number of imidazole rings is 1. The van der Waals surface area contributed by atoms with Gasteiger partial charge in [0.15, 0.2) is 0 Å². The summed E-state index contributed by atoms with van der Waals surface area (Å²) in [6.45, 7) is 0.935. The van der Waals surface area contributed by atoms with Crippen molar-refractivity contribution in [2.75, 3.05) is 0 Å². The van der Waals surface area contributed by atoms with Gasteiger partial charge in [0, 0.05) is 5.88 Å². The predicted octanol–water partition coefficient (Wildman–Crippen LogP) is 0.780. The molecule has 0 aliphatic heterocycles. The van der Waals surface area contributed by atoms with Gasteiger partial charge in [0.1, 0.15) is 18.9 Å². The van der Waals surface area contributed by atoms with E-state index >= 15 is 0 Å². The van der Waals surface area contributed by atoms with Crippen LogP contribution in [0.1, 0.15) is 11.1 Å². The predicted molar refractivity (Wildman–Crippen MR) is 82.5 cm³/mol. The SMILES string of the molecule is ClCc1ccccc1.[Cl-].c1ccc(C[n+]2cc[nH]c2)cc1. The molecule has 0 saturated carbocycles. The molecule has 21 heavy (non-hydrogen) atoms. The van der Waals surface area contributed by atoms with Crippen molar-refractivity contribution in [3.63, 3.8) is 0 Å². The first-order chi connectivity index (χ1) is 9.88. The molecule has 1 heterocycles. The van der Waals surface area contributed by atoms with E-state index in [1.165, 1.54) is 11.1 Å². The largest absolute Gasteiger partial charge is 1.00 e. The van der Waals surface area contributed by atoms with Gasteiger partial charge in [-0.3, -0.25) is 4.98 Å². The Morgan fingerprint density at radius 3 is 1.86 bits per heavy atom. The van der Waals surface area contributed by atoms with Crippen molar-refractivity contribution < 1.29 is 17.0 Å². The van der Waals surface area contributed by atoms with Crippen LogP contribution in [0.25, 0.3) is 0 Å². The standard InChI is InChI=1S/C10H10N2.C7H7Cl.ClH/c1-2-4-10(5-3-1)8-12-7-6-11-9-12;8-6-7-4-2-1-3-5-7;/h1-7,9H,8H2;1-5H,6H2;1H. The minimum Gasteiger partial charge on any atom is -1.00 e. The van der Waals surface area contributed by atoms with Gasteiger partial charge in [0.05, 0.1) is 0 Å². The highest BCUT2D eigenvalue weighted by atomic mass is 35.5. The number of benzene rings is 2. The van der Waals surface area contributed by atoms with Crippen LogP contribution in [0.5, 0.6) is 0 Å². The molecular formula is C17H18Cl2N2. The zero-order valence-corrected chi connectivity index (χ0v) is 13.1. The van der Waals surface area contributed by atoms with Gasteiger partial charge in [0.25, 0.3) is 0 Å². The van der Waals surface area contributed by atoms with Crippen molar-refractivity contribution in [2.24, 2.45) is 0 Å². The van der Waals surface area contributed by atoms with Crippen LogP contribution in [0.3, 0.4) is 0 Å². The minimum absolute atomic E-state index is 0. The Morgan fingerprint density at radius 1 is 0.857 bits per heavy atom. The summed E-state index contributed by atoms with van der Waals surface area (Å²) in [6.07, 6.45) is 5.89. The van der Waals surface area contributed by atoms with Gasteiger partial charge >= 0.3 is 0 Å². The number of hydrogen-bond acceptors (Lipinski definition) is 0. The fourth-order valence-electron chi connectivity index (χ4n) is 1.78. The molecule has 2 nitrogen and oxygen atoms in total. The van der Waals surface area contributed by atoms with E-state index in [4.69, 9.17) is 11.6 Å². The second-order valence-corrected chi connectivity index (χ2v) is 4.66. The normalized spacial score (nSPS) is 9.19. The van der Waals surface area contributed by atoms with Crippen molar-refractivity contribution in [1.82, 2.24) is 4.98 Å². The maximum Gasteiger partial charge on any atom is 0.241 e. The van der Waals surface area contributed by atoms with Crippen LogP contribution >= 0.6 is 11.6 Å². The minimum atomic E-state index is 0. The van der Waals surface area contributed by atoms with Gasteiger partial charge in [-0.2, -0.15) is 0 Å².